The van der Waals surface area contributed by atoms with Crippen LogP contribution in [0, 0.1) is 5.92 Å². The Bertz CT molecular complexity index is 965. The fourth-order valence-electron chi connectivity index (χ4n) is 3.82. The van der Waals surface area contributed by atoms with Gasteiger partial charge in [-0.1, -0.05) is 36.4 Å². The lowest BCUT2D eigenvalue weighted by Gasteiger charge is -2.31. The van der Waals surface area contributed by atoms with E-state index in [4.69, 9.17) is 9.47 Å². The molecule has 0 radical (unpaired) electrons. The average molecular weight is 461 g/mol. The minimum atomic E-state index is -3.37. The van der Waals surface area contributed by atoms with Crippen molar-refractivity contribution >= 4 is 15.9 Å². The number of benzene rings is 2. The number of carbonyl (C=O) groups excluding carboxylic acids is 1. The van der Waals surface area contributed by atoms with E-state index in [0.717, 1.165) is 12.0 Å². The van der Waals surface area contributed by atoms with Crippen molar-refractivity contribution in [1.82, 2.24) is 9.62 Å². The molecule has 0 bridgehead atoms. The summed E-state index contributed by atoms with van der Waals surface area (Å²) in [5.74, 6) is 1.03. The van der Waals surface area contributed by atoms with Crippen molar-refractivity contribution in [3.63, 3.8) is 0 Å². The summed E-state index contributed by atoms with van der Waals surface area (Å²) >= 11 is 0. The van der Waals surface area contributed by atoms with Crippen LogP contribution in [0.1, 0.15) is 24.8 Å². The van der Waals surface area contributed by atoms with Crippen molar-refractivity contribution in [3.05, 3.63) is 60.2 Å². The summed E-state index contributed by atoms with van der Waals surface area (Å²) in [6.07, 6.45) is 2.68. The molecule has 1 aliphatic heterocycles. The summed E-state index contributed by atoms with van der Waals surface area (Å²) in [6, 6.07) is 17.2. The standard InChI is InChI=1S/C24H32N2O5S/c1-30-22-12-5-13-23(18-22)31-16-14-25-24(27)21-11-6-15-26(19-21)32(28,29)17-7-10-20-8-3-2-4-9-20/h2-5,8-9,12-13,18,21H,6-7,10-11,14-17,19H2,1H3,(H,25,27)/t21-/m1/s1. The maximum Gasteiger partial charge on any atom is 0.224 e. The van der Waals surface area contributed by atoms with Crippen LogP contribution < -0.4 is 14.8 Å². The molecule has 1 saturated heterocycles. The second-order valence-electron chi connectivity index (χ2n) is 7.92. The summed E-state index contributed by atoms with van der Waals surface area (Å²) in [6.45, 7) is 1.41. The zero-order valence-electron chi connectivity index (χ0n) is 18.5. The summed E-state index contributed by atoms with van der Waals surface area (Å²) in [5, 5.41) is 2.87. The van der Waals surface area contributed by atoms with Gasteiger partial charge in [-0.25, -0.2) is 12.7 Å². The molecule has 0 spiro atoms. The van der Waals surface area contributed by atoms with Gasteiger partial charge in [0.25, 0.3) is 0 Å². The van der Waals surface area contributed by atoms with Crippen LogP contribution >= 0.6 is 0 Å². The number of ether oxygens (including phenoxy) is 2. The van der Waals surface area contributed by atoms with E-state index >= 15 is 0 Å². The lowest BCUT2D eigenvalue weighted by molar-refractivity contribution is -0.126. The van der Waals surface area contributed by atoms with Crippen molar-refractivity contribution in [2.45, 2.75) is 25.7 Å². The molecule has 1 atom stereocenters. The molecule has 1 amide bonds. The van der Waals surface area contributed by atoms with Gasteiger partial charge in [-0.3, -0.25) is 4.79 Å². The van der Waals surface area contributed by atoms with Crippen molar-refractivity contribution < 1.29 is 22.7 Å². The lowest BCUT2D eigenvalue weighted by Crippen LogP contribution is -2.46. The Morgan fingerprint density at radius 2 is 1.91 bits per heavy atom. The van der Waals surface area contributed by atoms with Crippen LogP contribution in [-0.2, 0) is 21.2 Å². The third kappa shape index (κ3) is 7.24. The molecule has 3 rings (SSSR count). The molecule has 7 nitrogen and oxygen atoms in total. The summed E-state index contributed by atoms with van der Waals surface area (Å²) < 4.78 is 37.8. The topological polar surface area (TPSA) is 84.9 Å². The fourth-order valence-corrected chi connectivity index (χ4v) is 5.40. The lowest BCUT2D eigenvalue weighted by atomic mass is 9.99. The summed E-state index contributed by atoms with van der Waals surface area (Å²) in [4.78, 5) is 12.6. The summed E-state index contributed by atoms with van der Waals surface area (Å²) in [5.41, 5.74) is 1.13. The number of nitrogens with one attached hydrogen (secondary N) is 1. The normalized spacial score (nSPS) is 17.0. The van der Waals surface area contributed by atoms with E-state index in [1.807, 2.05) is 48.5 Å². The van der Waals surface area contributed by atoms with Crippen LogP contribution in [0.3, 0.4) is 0 Å². The van der Waals surface area contributed by atoms with Crippen molar-refractivity contribution in [2.24, 2.45) is 5.92 Å². The number of piperidine rings is 1. The van der Waals surface area contributed by atoms with Crippen LogP contribution in [0.5, 0.6) is 11.5 Å². The Labute approximate surface area is 190 Å². The summed E-state index contributed by atoms with van der Waals surface area (Å²) in [7, 11) is -1.78. The predicted octanol–water partition coefficient (Wildman–Crippen LogP) is 2.86. The van der Waals surface area contributed by atoms with E-state index in [0.29, 0.717) is 50.5 Å². The first-order valence-electron chi connectivity index (χ1n) is 11.0. The minimum Gasteiger partial charge on any atom is -0.497 e. The molecule has 0 unspecified atom stereocenters. The number of amides is 1. The number of nitrogens with zero attached hydrogens (tertiary/aromatic N) is 1. The van der Waals surface area contributed by atoms with Crippen LogP contribution in [-0.4, -0.2) is 57.7 Å². The van der Waals surface area contributed by atoms with Gasteiger partial charge in [0.05, 0.1) is 25.3 Å². The van der Waals surface area contributed by atoms with Crippen LogP contribution in [0.15, 0.2) is 54.6 Å². The van der Waals surface area contributed by atoms with Crippen LogP contribution in [0.4, 0.5) is 0 Å². The molecule has 2 aromatic rings. The van der Waals surface area contributed by atoms with Gasteiger partial charge < -0.3 is 14.8 Å². The average Bonchev–Trinajstić information content (AvgIpc) is 2.82. The highest BCUT2D eigenvalue weighted by atomic mass is 32.2. The number of carbonyl (C=O) groups is 1. The van der Waals surface area contributed by atoms with Crippen LogP contribution in [0.25, 0.3) is 0 Å². The van der Waals surface area contributed by atoms with Gasteiger partial charge in [-0.05, 0) is 43.4 Å². The first-order valence-corrected chi connectivity index (χ1v) is 12.6. The molecular formula is C24H32N2O5S. The van der Waals surface area contributed by atoms with E-state index in [1.165, 1.54) is 4.31 Å². The first kappa shape index (κ1) is 24.1. The number of methoxy groups -OCH3 is 1. The second kappa shape index (κ2) is 11.9. The van der Waals surface area contributed by atoms with Crippen molar-refractivity contribution in [2.75, 3.05) is 39.1 Å². The molecule has 0 aromatic heterocycles. The Kier molecular flexibility index (Phi) is 8.93. The Hall–Kier alpha value is -2.58. The molecule has 1 heterocycles. The molecule has 8 heteroatoms. The quantitative estimate of drug-likeness (QED) is 0.521. The van der Waals surface area contributed by atoms with Gasteiger partial charge in [0, 0.05) is 19.2 Å². The zero-order valence-corrected chi connectivity index (χ0v) is 19.4. The van der Waals surface area contributed by atoms with E-state index in [1.54, 1.807) is 13.2 Å². The second-order valence-corrected chi connectivity index (χ2v) is 10.0. The third-order valence-electron chi connectivity index (χ3n) is 5.57. The third-order valence-corrected chi connectivity index (χ3v) is 7.49. The first-order chi connectivity index (χ1) is 15.5. The maximum absolute atomic E-state index is 12.8. The molecular weight excluding hydrogens is 428 g/mol. The highest BCUT2D eigenvalue weighted by Crippen LogP contribution is 2.21. The molecule has 1 aliphatic rings. The largest absolute Gasteiger partial charge is 0.497 e. The van der Waals surface area contributed by atoms with Crippen molar-refractivity contribution in [3.8, 4) is 11.5 Å². The van der Waals surface area contributed by atoms with Gasteiger partial charge in [0.2, 0.25) is 15.9 Å². The van der Waals surface area contributed by atoms with Gasteiger partial charge in [0.1, 0.15) is 18.1 Å². The molecule has 0 saturated carbocycles. The number of rotatable bonds is 11. The van der Waals surface area contributed by atoms with E-state index in [2.05, 4.69) is 5.32 Å². The fraction of sp³-hybridized carbons (Fsp3) is 0.458. The Morgan fingerprint density at radius 1 is 1.12 bits per heavy atom. The van der Waals surface area contributed by atoms with Gasteiger partial charge in [0.15, 0.2) is 0 Å². The molecule has 1 fully saturated rings. The van der Waals surface area contributed by atoms with Crippen molar-refractivity contribution in [1.29, 1.82) is 0 Å². The smallest absolute Gasteiger partial charge is 0.224 e. The number of sulfonamides is 1. The monoisotopic (exact) mass is 460 g/mol. The number of hydrogen-bond acceptors (Lipinski definition) is 5. The molecule has 32 heavy (non-hydrogen) atoms. The molecule has 174 valence electrons. The molecule has 1 N–H and O–H groups in total. The highest BCUT2D eigenvalue weighted by Gasteiger charge is 2.31. The van der Waals surface area contributed by atoms with E-state index in [-0.39, 0.29) is 24.1 Å². The highest BCUT2D eigenvalue weighted by molar-refractivity contribution is 7.89. The predicted molar refractivity (Wildman–Crippen MR) is 124 cm³/mol. The zero-order chi connectivity index (χ0) is 22.8. The Morgan fingerprint density at radius 3 is 2.69 bits per heavy atom. The molecule has 0 aliphatic carbocycles. The number of hydrogen-bond donors (Lipinski definition) is 1. The van der Waals surface area contributed by atoms with E-state index < -0.39 is 10.0 Å². The molecule has 2 aromatic carbocycles. The SMILES string of the molecule is COc1cccc(OCCNC(=O)[C@@H]2CCCN(S(=O)(=O)CCCc3ccccc3)C2)c1. The van der Waals surface area contributed by atoms with Gasteiger partial charge in [-0.2, -0.15) is 0 Å². The maximum atomic E-state index is 12.8. The van der Waals surface area contributed by atoms with Gasteiger partial charge >= 0.3 is 0 Å². The van der Waals surface area contributed by atoms with E-state index in [9.17, 15) is 13.2 Å². The Balaban J connectivity index is 1.41. The number of aryl methyl sites for hydroxylation is 1. The van der Waals surface area contributed by atoms with Gasteiger partial charge in [-0.15, -0.1) is 0 Å². The minimum absolute atomic E-state index is 0.102. The van der Waals surface area contributed by atoms with Crippen LogP contribution in [0.2, 0.25) is 0 Å².